The van der Waals surface area contributed by atoms with E-state index in [2.05, 4.69) is 15.2 Å². The lowest BCUT2D eigenvalue weighted by molar-refractivity contribution is -0.0292. The van der Waals surface area contributed by atoms with Gasteiger partial charge in [-0.05, 0) is 40.7 Å². The smallest absolute Gasteiger partial charge is 0.242 e. The van der Waals surface area contributed by atoms with E-state index in [4.69, 9.17) is 44.1 Å². The molecule has 0 aliphatic rings. The number of nitrogens with two attached hydrogens (primary N) is 2. The summed E-state index contributed by atoms with van der Waals surface area (Å²) in [5, 5.41) is 8.31. The topological polar surface area (TPSA) is 109 Å². The Bertz CT molecular complexity index is 822. The molecule has 2 rings (SSSR count). The Morgan fingerprint density at radius 1 is 1.04 bits per heavy atom. The Morgan fingerprint density at radius 3 is 2.30 bits per heavy atom. The first-order valence-corrected chi connectivity index (χ1v) is 9.21. The molecule has 0 radical (unpaired) electrons. The second-order valence-corrected chi connectivity index (χ2v) is 8.53. The first-order chi connectivity index (χ1) is 12.4. The Kier molecular flexibility index (Phi) is 6.39. The molecule has 9 heteroatoms. The molecule has 0 aliphatic heterocycles. The molecule has 1 aromatic heterocycles. The first-order valence-electron chi connectivity index (χ1n) is 8.46. The van der Waals surface area contributed by atoms with Crippen molar-refractivity contribution in [3.05, 3.63) is 22.2 Å². The van der Waals surface area contributed by atoms with Gasteiger partial charge >= 0.3 is 0 Å². The van der Waals surface area contributed by atoms with Crippen LogP contribution >= 0.6 is 23.2 Å². The molecule has 0 unspecified atom stereocenters. The van der Waals surface area contributed by atoms with Gasteiger partial charge in [-0.25, -0.2) is 0 Å². The number of halogens is 2. The van der Waals surface area contributed by atoms with Gasteiger partial charge in [0.1, 0.15) is 17.0 Å². The van der Waals surface area contributed by atoms with Gasteiger partial charge in [-0.15, -0.1) is 10.2 Å². The van der Waals surface area contributed by atoms with Crippen molar-refractivity contribution in [3.63, 3.8) is 0 Å². The van der Waals surface area contributed by atoms with Gasteiger partial charge in [0.15, 0.2) is 5.82 Å². The summed E-state index contributed by atoms with van der Waals surface area (Å²) in [7, 11) is 0. The van der Waals surface area contributed by atoms with E-state index in [1.165, 1.54) is 0 Å². The molecule has 27 heavy (non-hydrogen) atoms. The highest BCUT2D eigenvalue weighted by atomic mass is 35.5. The number of rotatable bonds is 6. The highest BCUT2D eigenvalue weighted by Crippen LogP contribution is 2.39. The molecule has 7 nitrogen and oxygen atoms in total. The molecule has 148 valence electrons. The fourth-order valence-corrected chi connectivity index (χ4v) is 2.72. The van der Waals surface area contributed by atoms with E-state index in [1.807, 2.05) is 34.6 Å². The van der Waals surface area contributed by atoms with Crippen molar-refractivity contribution in [1.82, 2.24) is 15.2 Å². The standard InChI is InChI=1S/C18H25Cl2N5O2/c1-17(2,3)26-7-6-18(4,5)27-10-8-11(13(20)12(19)9-10)14-15(21)23-16(22)25-24-14/h8-9H,6-7H2,1-5H3,(H4,21,22,23,25). The van der Waals surface area contributed by atoms with Gasteiger partial charge in [0.25, 0.3) is 0 Å². The number of nitrogen functional groups attached to an aromatic ring is 2. The second-order valence-electron chi connectivity index (χ2n) is 7.74. The van der Waals surface area contributed by atoms with Crippen LogP contribution in [-0.2, 0) is 4.74 Å². The Balaban J connectivity index is 2.27. The molecular weight excluding hydrogens is 389 g/mol. The van der Waals surface area contributed by atoms with E-state index in [9.17, 15) is 0 Å². The average molecular weight is 414 g/mol. The molecule has 0 fully saturated rings. The average Bonchev–Trinajstić information content (AvgIpc) is 2.49. The third-order valence-electron chi connectivity index (χ3n) is 3.62. The first kappa shape index (κ1) is 21.5. The van der Waals surface area contributed by atoms with E-state index in [1.54, 1.807) is 12.1 Å². The molecule has 2 aromatic rings. The predicted molar refractivity (Wildman–Crippen MR) is 109 cm³/mol. The number of hydrogen-bond donors (Lipinski definition) is 2. The molecule has 1 heterocycles. The fourth-order valence-electron chi connectivity index (χ4n) is 2.31. The summed E-state index contributed by atoms with van der Waals surface area (Å²) < 4.78 is 11.9. The number of ether oxygens (including phenoxy) is 2. The number of hydrogen-bond acceptors (Lipinski definition) is 7. The van der Waals surface area contributed by atoms with Gasteiger partial charge in [0, 0.05) is 18.1 Å². The molecule has 0 spiro atoms. The van der Waals surface area contributed by atoms with Crippen molar-refractivity contribution in [3.8, 4) is 17.0 Å². The third kappa shape index (κ3) is 6.09. The molecule has 1 aromatic carbocycles. The van der Waals surface area contributed by atoms with Crippen LogP contribution in [0.25, 0.3) is 11.3 Å². The summed E-state index contributed by atoms with van der Waals surface area (Å²) in [4.78, 5) is 3.91. The van der Waals surface area contributed by atoms with Crippen molar-refractivity contribution in [2.75, 3.05) is 18.1 Å². The zero-order valence-corrected chi connectivity index (χ0v) is 17.6. The normalized spacial score (nSPS) is 12.3. The van der Waals surface area contributed by atoms with E-state index in [-0.39, 0.29) is 28.1 Å². The summed E-state index contributed by atoms with van der Waals surface area (Å²) in [5.74, 6) is 0.611. The highest BCUT2D eigenvalue weighted by Gasteiger charge is 2.23. The predicted octanol–water partition coefficient (Wildman–Crippen LogP) is 4.37. The van der Waals surface area contributed by atoms with Crippen molar-refractivity contribution < 1.29 is 9.47 Å². The van der Waals surface area contributed by atoms with E-state index < -0.39 is 5.60 Å². The molecule has 0 saturated carbocycles. The number of aromatic nitrogens is 3. The van der Waals surface area contributed by atoms with Crippen LogP contribution in [0, 0.1) is 0 Å². The minimum absolute atomic E-state index is 0.0224. The molecule has 0 amide bonds. The lowest BCUT2D eigenvalue weighted by Crippen LogP contribution is -2.32. The lowest BCUT2D eigenvalue weighted by Gasteiger charge is -2.29. The van der Waals surface area contributed by atoms with Gasteiger partial charge in [-0.3, -0.25) is 0 Å². The van der Waals surface area contributed by atoms with Crippen LogP contribution in [-0.4, -0.2) is 33.0 Å². The molecular formula is C18H25Cl2N5O2. The summed E-state index contributed by atoms with van der Waals surface area (Å²) in [6, 6.07) is 3.35. The minimum atomic E-state index is -0.490. The van der Waals surface area contributed by atoms with Crippen molar-refractivity contribution in [1.29, 1.82) is 0 Å². The minimum Gasteiger partial charge on any atom is -0.488 e. The van der Waals surface area contributed by atoms with Crippen LogP contribution in [0.15, 0.2) is 12.1 Å². The zero-order valence-electron chi connectivity index (χ0n) is 16.1. The largest absolute Gasteiger partial charge is 0.488 e. The van der Waals surface area contributed by atoms with Gasteiger partial charge in [0.05, 0.1) is 22.3 Å². The maximum Gasteiger partial charge on any atom is 0.242 e. The van der Waals surface area contributed by atoms with Crippen molar-refractivity contribution in [2.45, 2.75) is 52.2 Å². The number of nitrogens with zero attached hydrogens (tertiary/aromatic N) is 3. The van der Waals surface area contributed by atoms with Crippen LogP contribution in [0.5, 0.6) is 5.75 Å². The summed E-state index contributed by atoms with van der Waals surface area (Å²) in [6.07, 6.45) is 0.686. The fraction of sp³-hybridized carbons (Fsp3) is 0.500. The van der Waals surface area contributed by atoms with Crippen LogP contribution in [0.1, 0.15) is 41.0 Å². The third-order valence-corrected chi connectivity index (χ3v) is 4.42. The van der Waals surface area contributed by atoms with E-state index >= 15 is 0 Å². The van der Waals surface area contributed by atoms with Gasteiger partial charge < -0.3 is 20.9 Å². The monoisotopic (exact) mass is 413 g/mol. The zero-order chi connectivity index (χ0) is 20.4. The Morgan fingerprint density at radius 2 is 1.70 bits per heavy atom. The summed E-state index contributed by atoms with van der Waals surface area (Å²) in [5.41, 5.74) is 11.5. The Hall–Kier alpha value is -1.83. The molecule has 0 saturated heterocycles. The maximum atomic E-state index is 6.33. The van der Waals surface area contributed by atoms with E-state index in [0.29, 0.717) is 29.4 Å². The summed E-state index contributed by atoms with van der Waals surface area (Å²) in [6.45, 7) is 10.5. The highest BCUT2D eigenvalue weighted by molar-refractivity contribution is 6.43. The van der Waals surface area contributed by atoms with Crippen LogP contribution in [0.4, 0.5) is 11.8 Å². The van der Waals surface area contributed by atoms with Crippen molar-refractivity contribution >= 4 is 35.0 Å². The van der Waals surface area contributed by atoms with Gasteiger partial charge in [0.2, 0.25) is 5.95 Å². The summed E-state index contributed by atoms with van der Waals surface area (Å²) >= 11 is 12.6. The molecule has 0 atom stereocenters. The lowest BCUT2D eigenvalue weighted by atomic mass is 10.0. The Labute approximate surface area is 169 Å². The second kappa shape index (κ2) is 8.04. The van der Waals surface area contributed by atoms with Gasteiger partial charge in [-0.2, -0.15) is 4.98 Å². The molecule has 4 N–H and O–H groups in total. The van der Waals surface area contributed by atoms with Crippen LogP contribution in [0.2, 0.25) is 10.0 Å². The van der Waals surface area contributed by atoms with Crippen molar-refractivity contribution in [2.24, 2.45) is 0 Å². The van der Waals surface area contributed by atoms with E-state index in [0.717, 1.165) is 0 Å². The SMILES string of the molecule is CC(C)(C)OCCC(C)(C)Oc1cc(Cl)c(Cl)c(-c2nnc(N)nc2N)c1. The van der Waals surface area contributed by atoms with Gasteiger partial charge in [-0.1, -0.05) is 23.2 Å². The number of benzene rings is 1. The molecule has 0 aliphatic carbocycles. The molecule has 0 bridgehead atoms. The number of anilines is 2. The van der Waals surface area contributed by atoms with Crippen LogP contribution in [0.3, 0.4) is 0 Å². The van der Waals surface area contributed by atoms with Crippen LogP contribution < -0.4 is 16.2 Å². The quantitative estimate of drug-likeness (QED) is 0.722. The maximum absolute atomic E-state index is 6.33.